The molecule has 17 heavy (non-hydrogen) atoms. The molecular formula is C13H9ClO2S. The summed E-state index contributed by atoms with van der Waals surface area (Å²) in [5, 5.41) is 11.2. The zero-order chi connectivity index (χ0) is 11.8. The van der Waals surface area contributed by atoms with Crippen molar-refractivity contribution in [3.8, 4) is 0 Å². The van der Waals surface area contributed by atoms with Crippen LogP contribution in [-0.4, -0.2) is 5.11 Å². The highest BCUT2D eigenvalue weighted by molar-refractivity contribution is 7.16. The van der Waals surface area contributed by atoms with Gasteiger partial charge in [-0.05, 0) is 24.3 Å². The van der Waals surface area contributed by atoms with Crippen LogP contribution >= 0.6 is 22.9 Å². The van der Waals surface area contributed by atoms with Gasteiger partial charge in [-0.2, -0.15) is 0 Å². The fourth-order valence-corrected chi connectivity index (χ4v) is 2.81. The van der Waals surface area contributed by atoms with Crippen LogP contribution in [0.15, 0.2) is 46.9 Å². The van der Waals surface area contributed by atoms with Crippen molar-refractivity contribution in [1.82, 2.24) is 0 Å². The largest absolute Gasteiger partial charge is 0.458 e. The average Bonchev–Trinajstić information content (AvgIpc) is 2.93. The van der Waals surface area contributed by atoms with Crippen LogP contribution in [0.4, 0.5) is 0 Å². The molecule has 0 amide bonds. The molecule has 2 heterocycles. The predicted molar refractivity (Wildman–Crippen MR) is 69.6 cm³/mol. The first-order valence-corrected chi connectivity index (χ1v) is 6.35. The van der Waals surface area contributed by atoms with Crippen molar-refractivity contribution in [1.29, 1.82) is 0 Å². The van der Waals surface area contributed by atoms with Crippen molar-refractivity contribution in [2.45, 2.75) is 6.10 Å². The fourth-order valence-electron chi connectivity index (χ4n) is 1.75. The summed E-state index contributed by atoms with van der Waals surface area (Å²) in [6.07, 6.45) is -0.750. The highest BCUT2D eigenvalue weighted by Crippen LogP contribution is 2.33. The van der Waals surface area contributed by atoms with Gasteiger partial charge in [0.15, 0.2) is 0 Å². The van der Waals surface area contributed by atoms with E-state index in [1.165, 1.54) is 11.3 Å². The second-order valence-electron chi connectivity index (χ2n) is 3.73. The molecule has 3 rings (SSSR count). The second-order valence-corrected chi connectivity index (χ2v) is 5.48. The van der Waals surface area contributed by atoms with E-state index in [1.807, 2.05) is 36.4 Å². The van der Waals surface area contributed by atoms with Crippen molar-refractivity contribution in [2.24, 2.45) is 0 Å². The maximum absolute atomic E-state index is 10.2. The quantitative estimate of drug-likeness (QED) is 0.751. The maximum Gasteiger partial charge on any atom is 0.146 e. The molecule has 0 aliphatic rings. The van der Waals surface area contributed by atoms with Gasteiger partial charge in [-0.15, -0.1) is 11.3 Å². The van der Waals surface area contributed by atoms with Gasteiger partial charge in [0.2, 0.25) is 0 Å². The molecule has 1 unspecified atom stereocenters. The Morgan fingerprint density at radius 1 is 1.18 bits per heavy atom. The van der Waals surface area contributed by atoms with Crippen LogP contribution in [0.3, 0.4) is 0 Å². The number of furan rings is 1. The number of aliphatic hydroxyl groups excluding tert-OH is 1. The van der Waals surface area contributed by atoms with Crippen LogP contribution in [0.5, 0.6) is 0 Å². The lowest BCUT2D eigenvalue weighted by molar-refractivity contribution is 0.196. The summed E-state index contributed by atoms with van der Waals surface area (Å²) in [6.45, 7) is 0. The Hall–Kier alpha value is -1.29. The minimum absolute atomic E-state index is 0.546. The fraction of sp³-hybridized carbons (Fsp3) is 0.0769. The number of aliphatic hydroxyl groups is 1. The molecule has 0 aliphatic heterocycles. The molecule has 3 aromatic rings. The molecule has 0 spiro atoms. The molecule has 0 fully saturated rings. The average molecular weight is 265 g/mol. The first-order chi connectivity index (χ1) is 8.24. The van der Waals surface area contributed by atoms with E-state index in [2.05, 4.69) is 0 Å². The van der Waals surface area contributed by atoms with Crippen LogP contribution in [0.2, 0.25) is 4.34 Å². The van der Waals surface area contributed by atoms with Crippen LogP contribution in [0.25, 0.3) is 11.0 Å². The molecule has 1 aromatic carbocycles. The van der Waals surface area contributed by atoms with Crippen molar-refractivity contribution in [2.75, 3.05) is 0 Å². The highest BCUT2D eigenvalue weighted by Gasteiger charge is 2.17. The smallest absolute Gasteiger partial charge is 0.146 e. The number of rotatable bonds is 2. The molecule has 1 atom stereocenters. The Balaban J connectivity index is 2.03. The summed E-state index contributed by atoms with van der Waals surface area (Å²) in [7, 11) is 0. The van der Waals surface area contributed by atoms with Gasteiger partial charge in [-0.1, -0.05) is 29.8 Å². The molecule has 2 aromatic heterocycles. The summed E-state index contributed by atoms with van der Waals surface area (Å²) in [4.78, 5) is 0.786. The molecule has 1 N–H and O–H groups in total. The van der Waals surface area contributed by atoms with Crippen LogP contribution < -0.4 is 0 Å². The number of fused-ring (bicyclic) bond motifs is 1. The Kier molecular flexibility index (Phi) is 2.67. The Labute approximate surface area is 107 Å². The van der Waals surface area contributed by atoms with Crippen LogP contribution in [0, 0.1) is 0 Å². The van der Waals surface area contributed by atoms with E-state index < -0.39 is 6.10 Å². The first kappa shape index (κ1) is 10.8. The first-order valence-electron chi connectivity index (χ1n) is 5.16. The van der Waals surface area contributed by atoms with Crippen LogP contribution in [0.1, 0.15) is 16.7 Å². The van der Waals surface area contributed by atoms with Gasteiger partial charge in [-0.3, -0.25) is 0 Å². The highest BCUT2D eigenvalue weighted by atomic mass is 35.5. The molecule has 0 saturated carbocycles. The van der Waals surface area contributed by atoms with Gasteiger partial charge >= 0.3 is 0 Å². The second kappa shape index (κ2) is 4.18. The Morgan fingerprint density at radius 2 is 2.00 bits per heavy atom. The van der Waals surface area contributed by atoms with E-state index in [0.717, 1.165) is 15.8 Å². The molecule has 0 saturated heterocycles. The molecule has 2 nitrogen and oxygen atoms in total. The number of hydrogen-bond donors (Lipinski definition) is 1. The number of benzene rings is 1. The number of halogens is 1. The van der Waals surface area contributed by atoms with E-state index in [4.69, 9.17) is 16.0 Å². The summed E-state index contributed by atoms with van der Waals surface area (Å²) >= 11 is 7.20. The number of hydrogen-bond acceptors (Lipinski definition) is 3. The van der Waals surface area contributed by atoms with E-state index >= 15 is 0 Å². The minimum Gasteiger partial charge on any atom is -0.458 e. The number of para-hydroxylation sites is 1. The van der Waals surface area contributed by atoms with E-state index in [0.29, 0.717) is 10.1 Å². The summed E-state index contributed by atoms with van der Waals surface area (Å²) < 4.78 is 6.27. The molecule has 0 aliphatic carbocycles. The van der Waals surface area contributed by atoms with Crippen molar-refractivity contribution in [3.63, 3.8) is 0 Å². The van der Waals surface area contributed by atoms with E-state index in [1.54, 1.807) is 6.07 Å². The molecule has 0 radical (unpaired) electrons. The normalized spacial score (nSPS) is 13.1. The van der Waals surface area contributed by atoms with Gasteiger partial charge in [0, 0.05) is 10.3 Å². The third-order valence-corrected chi connectivity index (χ3v) is 3.86. The number of thiophene rings is 1. The lowest BCUT2D eigenvalue weighted by Crippen LogP contribution is -1.93. The van der Waals surface area contributed by atoms with Crippen molar-refractivity contribution >= 4 is 33.9 Å². The van der Waals surface area contributed by atoms with E-state index in [-0.39, 0.29) is 0 Å². The van der Waals surface area contributed by atoms with E-state index in [9.17, 15) is 5.11 Å². The van der Waals surface area contributed by atoms with Gasteiger partial charge in [-0.25, -0.2) is 0 Å². The summed E-state index contributed by atoms with van der Waals surface area (Å²) in [6, 6.07) is 13.1. The Morgan fingerprint density at radius 3 is 2.71 bits per heavy atom. The van der Waals surface area contributed by atoms with Crippen LogP contribution in [-0.2, 0) is 0 Å². The standard InChI is InChI=1S/C13H9ClO2S/c14-12-6-5-11(17-12)13(15)10-7-8-3-1-2-4-9(8)16-10/h1-7,13,15H. The lowest BCUT2D eigenvalue weighted by atomic mass is 10.2. The van der Waals surface area contributed by atoms with Crippen molar-refractivity contribution in [3.05, 3.63) is 57.4 Å². The van der Waals surface area contributed by atoms with Gasteiger partial charge in [0.05, 0.1) is 4.34 Å². The Bertz CT molecular complexity index is 623. The molecule has 4 heteroatoms. The summed E-state index contributed by atoms with van der Waals surface area (Å²) in [5.41, 5.74) is 0.782. The molecule has 86 valence electrons. The summed E-state index contributed by atoms with van der Waals surface area (Å²) in [5.74, 6) is 0.546. The van der Waals surface area contributed by atoms with Gasteiger partial charge in [0.25, 0.3) is 0 Å². The third-order valence-electron chi connectivity index (χ3n) is 2.58. The zero-order valence-electron chi connectivity index (χ0n) is 8.76. The topological polar surface area (TPSA) is 33.4 Å². The monoisotopic (exact) mass is 264 g/mol. The predicted octanol–water partition coefficient (Wildman–Crippen LogP) is 4.23. The van der Waals surface area contributed by atoms with Gasteiger partial charge < -0.3 is 9.52 Å². The lowest BCUT2D eigenvalue weighted by Gasteiger charge is -2.03. The van der Waals surface area contributed by atoms with Gasteiger partial charge in [0.1, 0.15) is 17.4 Å². The molecule has 0 bridgehead atoms. The maximum atomic E-state index is 10.2. The SMILES string of the molecule is OC(c1cc2ccccc2o1)c1ccc(Cl)s1. The zero-order valence-corrected chi connectivity index (χ0v) is 10.3. The third kappa shape index (κ3) is 1.97. The molecular weight excluding hydrogens is 256 g/mol. The van der Waals surface area contributed by atoms with Crippen molar-refractivity contribution < 1.29 is 9.52 Å². The minimum atomic E-state index is -0.750.